The van der Waals surface area contributed by atoms with Crippen molar-refractivity contribution in [2.45, 2.75) is 27.1 Å². The van der Waals surface area contributed by atoms with Gasteiger partial charge >= 0.3 is 11.9 Å². The number of carboxylic acid groups (broad SMARTS) is 1. The number of halogens is 1. The van der Waals surface area contributed by atoms with E-state index in [1.54, 1.807) is 36.4 Å². The fourth-order valence-electron chi connectivity index (χ4n) is 4.57. The van der Waals surface area contributed by atoms with Crippen LogP contribution in [0.25, 0.3) is 5.69 Å². The van der Waals surface area contributed by atoms with Crippen molar-refractivity contribution in [1.82, 2.24) is 9.99 Å². The van der Waals surface area contributed by atoms with Gasteiger partial charge in [-0.05, 0) is 114 Å². The van der Waals surface area contributed by atoms with Gasteiger partial charge in [0.25, 0.3) is 0 Å². The number of carbonyl (C=O) groups excluding carboxylic acids is 1. The minimum absolute atomic E-state index is 0.0959. The summed E-state index contributed by atoms with van der Waals surface area (Å²) in [6.07, 6.45) is 1.47. The number of rotatable bonds is 12. The Balaban J connectivity index is 1.14. The van der Waals surface area contributed by atoms with Gasteiger partial charge in [-0.1, -0.05) is 12.1 Å². The number of amides is 1. The molecular weight excluding hydrogens is 642 g/mol. The number of aromatic carboxylic acids is 1. The average Bonchev–Trinajstić information content (AvgIpc) is 3.65. The lowest BCUT2D eigenvalue weighted by molar-refractivity contribution is 0.0696. The van der Waals surface area contributed by atoms with Gasteiger partial charge in [0.2, 0.25) is 0 Å². The maximum Gasteiger partial charge on any atom is 0.335 e. The lowest BCUT2D eigenvalue weighted by atomic mass is 10.1. The zero-order valence-electron chi connectivity index (χ0n) is 24.7. The molecule has 5 rings (SSSR count). The van der Waals surface area contributed by atoms with Crippen LogP contribution in [0, 0.1) is 13.8 Å². The van der Waals surface area contributed by atoms with E-state index in [2.05, 4.69) is 57.0 Å². The van der Waals surface area contributed by atoms with Gasteiger partial charge in [0.1, 0.15) is 24.7 Å². The number of aryl methyl sites for hydroxylation is 2. The predicted molar refractivity (Wildman–Crippen MR) is 172 cm³/mol. The SMILES string of the molecule is COc1cc(/C=N/NC(=O)c2ccc(COc3ccc(-n4c(C)ccc4C)cc3)o2)cc(Br)c1OCc1ccc(C(=O)O)cc1. The van der Waals surface area contributed by atoms with Crippen LogP contribution in [0.15, 0.2) is 98.9 Å². The van der Waals surface area contributed by atoms with Crippen LogP contribution in [0.4, 0.5) is 0 Å². The minimum atomic E-state index is -0.990. The third-order valence-corrected chi connectivity index (χ3v) is 7.44. The van der Waals surface area contributed by atoms with Crippen LogP contribution in [0.5, 0.6) is 17.2 Å². The summed E-state index contributed by atoms with van der Waals surface area (Å²) < 4.78 is 25.7. The summed E-state index contributed by atoms with van der Waals surface area (Å²) in [6.45, 7) is 4.49. The smallest absolute Gasteiger partial charge is 0.335 e. The number of nitrogens with zero attached hydrogens (tertiary/aromatic N) is 2. The lowest BCUT2D eigenvalue weighted by Gasteiger charge is -2.13. The van der Waals surface area contributed by atoms with Gasteiger partial charge in [-0.3, -0.25) is 4.79 Å². The largest absolute Gasteiger partial charge is 0.493 e. The molecule has 3 aromatic carbocycles. The highest BCUT2D eigenvalue weighted by atomic mass is 79.9. The molecule has 0 aliphatic rings. The lowest BCUT2D eigenvalue weighted by Crippen LogP contribution is -2.16. The van der Waals surface area contributed by atoms with E-state index in [-0.39, 0.29) is 24.5 Å². The highest BCUT2D eigenvalue weighted by molar-refractivity contribution is 9.10. The zero-order chi connectivity index (χ0) is 31.9. The molecule has 2 aromatic heterocycles. The first-order valence-corrected chi connectivity index (χ1v) is 14.6. The molecule has 0 aliphatic heterocycles. The number of carbonyl (C=O) groups is 2. The first kappa shape index (κ1) is 31.1. The van der Waals surface area contributed by atoms with Crippen LogP contribution in [0.3, 0.4) is 0 Å². The number of methoxy groups -OCH3 is 1. The summed E-state index contributed by atoms with van der Waals surface area (Å²) in [5.74, 6) is 0.675. The number of ether oxygens (including phenoxy) is 3. The van der Waals surface area contributed by atoms with E-state index in [0.29, 0.717) is 33.0 Å². The fourth-order valence-corrected chi connectivity index (χ4v) is 5.15. The Morgan fingerprint density at radius 3 is 2.31 bits per heavy atom. The summed E-state index contributed by atoms with van der Waals surface area (Å²) in [6, 6.07) is 25.1. The highest BCUT2D eigenvalue weighted by Crippen LogP contribution is 2.37. The topological polar surface area (TPSA) is 125 Å². The van der Waals surface area contributed by atoms with Crippen molar-refractivity contribution in [1.29, 1.82) is 0 Å². The van der Waals surface area contributed by atoms with Crippen molar-refractivity contribution >= 4 is 34.0 Å². The number of furan rings is 1. The summed E-state index contributed by atoms with van der Waals surface area (Å²) in [5.41, 5.74) is 7.45. The second kappa shape index (κ2) is 14.0. The molecule has 230 valence electrons. The van der Waals surface area contributed by atoms with E-state index in [1.807, 2.05) is 24.3 Å². The van der Waals surface area contributed by atoms with Gasteiger partial charge in [0, 0.05) is 17.1 Å². The van der Waals surface area contributed by atoms with Crippen LogP contribution in [0.1, 0.15) is 49.2 Å². The number of aromatic nitrogens is 1. The molecule has 0 saturated heterocycles. The molecule has 0 atom stereocenters. The van der Waals surface area contributed by atoms with Gasteiger partial charge in [0.05, 0.1) is 23.4 Å². The number of benzene rings is 3. The summed E-state index contributed by atoms with van der Waals surface area (Å²) in [5, 5.41) is 13.1. The van der Waals surface area contributed by atoms with Gasteiger partial charge < -0.3 is 28.3 Å². The molecule has 10 nitrogen and oxygen atoms in total. The van der Waals surface area contributed by atoms with E-state index in [4.69, 9.17) is 23.7 Å². The first-order valence-electron chi connectivity index (χ1n) is 13.8. The summed E-state index contributed by atoms with van der Waals surface area (Å²) in [7, 11) is 1.51. The van der Waals surface area contributed by atoms with Gasteiger partial charge in [-0.25, -0.2) is 10.2 Å². The molecule has 1 amide bonds. The van der Waals surface area contributed by atoms with Crippen molar-refractivity contribution in [2.24, 2.45) is 5.10 Å². The second-order valence-corrected chi connectivity index (χ2v) is 10.9. The van der Waals surface area contributed by atoms with E-state index >= 15 is 0 Å². The van der Waals surface area contributed by atoms with Crippen molar-refractivity contribution in [3.63, 3.8) is 0 Å². The number of hydrogen-bond acceptors (Lipinski definition) is 7. The molecule has 5 aromatic rings. The van der Waals surface area contributed by atoms with E-state index in [0.717, 1.165) is 22.6 Å². The summed E-state index contributed by atoms with van der Waals surface area (Å²) >= 11 is 3.49. The number of hydrogen-bond donors (Lipinski definition) is 2. The van der Waals surface area contributed by atoms with Crippen LogP contribution in [0.2, 0.25) is 0 Å². The Morgan fingerprint density at radius 1 is 0.933 bits per heavy atom. The predicted octanol–water partition coefficient (Wildman–Crippen LogP) is 7.08. The molecule has 0 saturated carbocycles. The van der Waals surface area contributed by atoms with Crippen molar-refractivity contribution in [3.05, 3.63) is 129 Å². The summed E-state index contributed by atoms with van der Waals surface area (Å²) in [4.78, 5) is 23.7. The minimum Gasteiger partial charge on any atom is -0.493 e. The fraction of sp³-hybridized carbons (Fsp3) is 0.147. The third-order valence-electron chi connectivity index (χ3n) is 6.85. The van der Waals surface area contributed by atoms with Gasteiger partial charge in [0.15, 0.2) is 17.3 Å². The quantitative estimate of drug-likeness (QED) is 0.107. The molecule has 0 radical (unpaired) electrons. The van der Waals surface area contributed by atoms with Gasteiger partial charge in [-0.15, -0.1) is 0 Å². The van der Waals surface area contributed by atoms with Crippen molar-refractivity contribution in [2.75, 3.05) is 7.11 Å². The Morgan fingerprint density at radius 2 is 1.64 bits per heavy atom. The number of carboxylic acids is 1. The van der Waals surface area contributed by atoms with Crippen LogP contribution in [-0.2, 0) is 13.2 Å². The molecule has 0 aliphatic carbocycles. The van der Waals surface area contributed by atoms with E-state index in [1.165, 1.54) is 25.5 Å². The highest BCUT2D eigenvalue weighted by Gasteiger charge is 2.14. The first-order chi connectivity index (χ1) is 21.7. The molecule has 2 N–H and O–H groups in total. The molecule has 2 heterocycles. The molecule has 11 heteroatoms. The second-order valence-electron chi connectivity index (χ2n) is 10.0. The van der Waals surface area contributed by atoms with E-state index < -0.39 is 11.9 Å². The molecule has 0 fully saturated rings. The van der Waals surface area contributed by atoms with Crippen LogP contribution < -0.4 is 19.6 Å². The van der Waals surface area contributed by atoms with Gasteiger partial charge in [-0.2, -0.15) is 5.10 Å². The average molecular weight is 673 g/mol. The Hall–Kier alpha value is -5.29. The van der Waals surface area contributed by atoms with Crippen LogP contribution in [-0.4, -0.2) is 34.9 Å². The Labute approximate surface area is 268 Å². The standard InChI is InChI=1S/C34H30BrN3O7/c1-21-4-5-22(2)38(21)26-10-12-27(13-11-26)43-20-28-14-15-30(45-28)33(39)37-36-18-24-16-29(35)32(31(17-24)42-3)44-19-23-6-8-25(9-7-23)34(40)41/h4-18H,19-20H2,1-3H3,(H,37,39)(H,40,41)/b36-18+. The maximum atomic E-state index is 12.6. The number of nitrogens with one attached hydrogen (secondary N) is 1. The van der Waals surface area contributed by atoms with E-state index in [9.17, 15) is 9.59 Å². The molecule has 0 unspecified atom stereocenters. The Bertz CT molecular complexity index is 1820. The molecule has 45 heavy (non-hydrogen) atoms. The van der Waals surface area contributed by atoms with Crippen molar-refractivity contribution < 1.29 is 33.3 Å². The van der Waals surface area contributed by atoms with Crippen LogP contribution >= 0.6 is 15.9 Å². The molecule has 0 spiro atoms. The maximum absolute atomic E-state index is 12.6. The zero-order valence-corrected chi connectivity index (χ0v) is 26.3. The Kier molecular flexibility index (Phi) is 9.69. The number of hydrazone groups is 1. The monoisotopic (exact) mass is 671 g/mol. The molecular formula is C34H30BrN3O7. The third kappa shape index (κ3) is 7.63. The normalized spacial score (nSPS) is 11.0. The molecule has 0 bridgehead atoms. The van der Waals surface area contributed by atoms with Crippen molar-refractivity contribution in [3.8, 4) is 22.9 Å².